The average Bonchev–Trinajstić information content (AvgIpc) is 2.89. The molecule has 1 aromatic heterocycles. The molecule has 0 radical (unpaired) electrons. The lowest BCUT2D eigenvalue weighted by molar-refractivity contribution is 0.373. The van der Waals surface area contributed by atoms with E-state index in [0.717, 1.165) is 6.07 Å². The van der Waals surface area contributed by atoms with E-state index in [1.807, 2.05) is 0 Å². The second-order valence-corrected chi connectivity index (χ2v) is 7.87. The summed E-state index contributed by atoms with van der Waals surface area (Å²) < 4.78 is 42.8. The van der Waals surface area contributed by atoms with Gasteiger partial charge in [0.15, 0.2) is 9.84 Å². The Morgan fingerprint density at radius 2 is 2.27 bits per heavy atom. The van der Waals surface area contributed by atoms with Crippen molar-refractivity contribution in [2.45, 2.75) is 11.7 Å². The molecule has 1 N–H and O–H groups in total. The van der Waals surface area contributed by atoms with Crippen LogP contribution in [-0.4, -0.2) is 42.7 Å². The van der Waals surface area contributed by atoms with Gasteiger partial charge in [0.25, 0.3) is 0 Å². The van der Waals surface area contributed by atoms with Crippen molar-refractivity contribution in [1.82, 2.24) is 15.5 Å². The first-order chi connectivity index (χ1) is 10.5. The van der Waals surface area contributed by atoms with E-state index in [9.17, 15) is 12.8 Å². The highest BCUT2D eigenvalue weighted by molar-refractivity contribution is 7.92. The molecule has 6 nitrogen and oxygen atoms in total. The molecule has 1 unspecified atom stereocenters. The van der Waals surface area contributed by atoms with Gasteiger partial charge in [-0.1, -0.05) is 16.8 Å². The molecule has 1 aliphatic rings. The number of sulfone groups is 1. The Hall–Kier alpha value is -1.51. The molecule has 1 fully saturated rings. The van der Waals surface area contributed by atoms with Crippen molar-refractivity contribution in [3.05, 3.63) is 34.9 Å². The van der Waals surface area contributed by atoms with E-state index in [-0.39, 0.29) is 34.5 Å². The number of benzene rings is 1. The Morgan fingerprint density at radius 3 is 3.00 bits per heavy atom. The molecule has 22 heavy (non-hydrogen) atoms. The molecular formula is C13H13ClFN3O3S. The summed E-state index contributed by atoms with van der Waals surface area (Å²) >= 11 is 5.69. The minimum Gasteiger partial charge on any atom is -0.339 e. The van der Waals surface area contributed by atoms with E-state index in [2.05, 4.69) is 15.5 Å². The Kier molecular flexibility index (Phi) is 4.16. The van der Waals surface area contributed by atoms with Crippen molar-refractivity contribution in [3.8, 4) is 11.4 Å². The maximum atomic E-state index is 13.8. The maximum Gasteiger partial charge on any atom is 0.228 e. The fourth-order valence-corrected chi connectivity index (χ4v) is 3.97. The zero-order valence-electron chi connectivity index (χ0n) is 11.4. The Labute approximate surface area is 131 Å². The largest absolute Gasteiger partial charge is 0.339 e. The first kappa shape index (κ1) is 15.4. The van der Waals surface area contributed by atoms with Crippen molar-refractivity contribution < 1.29 is 17.3 Å². The average molecular weight is 346 g/mol. The highest BCUT2D eigenvalue weighted by Crippen LogP contribution is 2.23. The lowest BCUT2D eigenvalue weighted by Crippen LogP contribution is -2.45. The molecule has 118 valence electrons. The van der Waals surface area contributed by atoms with Crippen LogP contribution in [-0.2, 0) is 16.3 Å². The number of hydrogen-bond donors (Lipinski definition) is 1. The lowest BCUT2D eigenvalue weighted by Gasteiger charge is -2.21. The van der Waals surface area contributed by atoms with Crippen LogP contribution < -0.4 is 5.32 Å². The van der Waals surface area contributed by atoms with Crippen LogP contribution in [0.4, 0.5) is 4.39 Å². The zero-order valence-corrected chi connectivity index (χ0v) is 13.0. The topological polar surface area (TPSA) is 85.1 Å². The van der Waals surface area contributed by atoms with Gasteiger partial charge in [0.2, 0.25) is 11.7 Å². The van der Waals surface area contributed by atoms with Gasteiger partial charge in [0, 0.05) is 24.5 Å². The zero-order chi connectivity index (χ0) is 15.7. The van der Waals surface area contributed by atoms with Gasteiger partial charge in [-0.3, -0.25) is 0 Å². The van der Waals surface area contributed by atoms with Gasteiger partial charge in [-0.15, -0.1) is 0 Å². The molecule has 0 saturated carbocycles. The third kappa shape index (κ3) is 3.13. The molecule has 0 spiro atoms. The number of nitrogens with one attached hydrogen (secondary N) is 1. The molecule has 0 amide bonds. The first-order valence-electron chi connectivity index (χ1n) is 6.66. The van der Waals surface area contributed by atoms with Crippen LogP contribution in [0.5, 0.6) is 0 Å². The Morgan fingerprint density at radius 1 is 1.45 bits per heavy atom. The van der Waals surface area contributed by atoms with Gasteiger partial charge in [-0.2, -0.15) is 4.98 Å². The van der Waals surface area contributed by atoms with Gasteiger partial charge in [-0.25, -0.2) is 12.8 Å². The van der Waals surface area contributed by atoms with Crippen LogP contribution in [0.15, 0.2) is 22.7 Å². The first-order valence-corrected chi connectivity index (χ1v) is 8.75. The summed E-state index contributed by atoms with van der Waals surface area (Å²) in [6.07, 6.45) is 0.109. The summed E-state index contributed by atoms with van der Waals surface area (Å²) in [5.74, 6) is -0.233. The van der Waals surface area contributed by atoms with E-state index in [1.54, 1.807) is 0 Å². The van der Waals surface area contributed by atoms with Crippen LogP contribution in [0.2, 0.25) is 5.02 Å². The number of halogens is 2. The summed E-state index contributed by atoms with van der Waals surface area (Å²) in [5, 5.41) is 6.39. The SMILES string of the molecule is O=S1(=O)CCNCC1Cc1nc(-c2ccc(Cl)cc2F)no1. The predicted molar refractivity (Wildman–Crippen MR) is 78.9 cm³/mol. The minimum absolute atomic E-state index is 0.0744. The van der Waals surface area contributed by atoms with Crippen LogP contribution in [0.1, 0.15) is 5.89 Å². The highest BCUT2D eigenvalue weighted by atomic mass is 35.5. The smallest absolute Gasteiger partial charge is 0.228 e. The van der Waals surface area contributed by atoms with Gasteiger partial charge in [-0.05, 0) is 18.2 Å². The van der Waals surface area contributed by atoms with E-state index in [0.29, 0.717) is 13.1 Å². The van der Waals surface area contributed by atoms with E-state index in [1.165, 1.54) is 12.1 Å². The molecule has 2 heterocycles. The second-order valence-electron chi connectivity index (χ2n) is 5.03. The van der Waals surface area contributed by atoms with E-state index in [4.69, 9.17) is 16.1 Å². The summed E-state index contributed by atoms with van der Waals surface area (Å²) in [6, 6.07) is 4.12. The fourth-order valence-electron chi connectivity index (χ4n) is 2.28. The third-order valence-electron chi connectivity index (χ3n) is 3.49. The molecule has 1 atom stereocenters. The third-order valence-corrected chi connectivity index (χ3v) is 5.84. The molecule has 1 saturated heterocycles. The molecule has 1 aromatic carbocycles. The quantitative estimate of drug-likeness (QED) is 0.906. The molecule has 2 aromatic rings. The van der Waals surface area contributed by atoms with Crippen LogP contribution in [0.3, 0.4) is 0 Å². The number of rotatable bonds is 3. The van der Waals surface area contributed by atoms with Gasteiger partial charge in [0.1, 0.15) is 5.82 Å². The highest BCUT2D eigenvalue weighted by Gasteiger charge is 2.30. The predicted octanol–water partition coefficient (Wildman–Crippen LogP) is 1.46. The Balaban J connectivity index is 1.82. The normalized spacial score (nSPS) is 20.9. The van der Waals surface area contributed by atoms with Crippen molar-refractivity contribution in [2.75, 3.05) is 18.8 Å². The van der Waals surface area contributed by atoms with Gasteiger partial charge < -0.3 is 9.84 Å². The van der Waals surface area contributed by atoms with Gasteiger partial charge in [0.05, 0.1) is 16.6 Å². The number of nitrogens with zero attached hydrogens (tertiary/aromatic N) is 2. The summed E-state index contributed by atoms with van der Waals surface area (Å²) in [5.41, 5.74) is 0.157. The Bertz CT molecular complexity index is 794. The molecule has 9 heteroatoms. The molecule has 1 aliphatic heterocycles. The fraction of sp³-hybridized carbons (Fsp3) is 0.385. The molecular weight excluding hydrogens is 333 g/mol. The van der Waals surface area contributed by atoms with Crippen LogP contribution in [0.25, 0.3) is 11.4 Å². The van der Waals surface area contributed by atoms with Crippen molar-refractivity contribution in [2.24, 2.45) is 0 Å². The molecule has 0 bridgehead atoms. The van der Waals surface area contributed by atoms with Crippen LogP contribution >= 0.6 is 11.6 Å². The summed E-state index contributed by atoms with van der Waals surface area (Å²) in [6.45, 7) is 0.791. The summed E-state index contributed by atoms with van der Waals surface area (Å²) in [4.78, 5) is 4.08. The van der Waals surface area contributed by atoms with Crippen molar-refractivity contribution in [3.63, 3.8) is 0 Å². The maximum absolute atomic E-state index is 13.8. The molecule has 0 aliphatic carbocycles. The number of hydrogen-bond acceptors (Lipinski definition) is 6. The molecule has 3 rings (SSSR count). The summed E-state index contributed by atoms with van der Waals surface area (Å²) in [7, 11) is -3.17. The van der Waals surface area contributed by atoms with E-state index >= 15 is 0 Å². The standard InChI is InChI=1S/C13H13ClFN3O3S/c14-8-1-2-10(11(15)5-8)13-17-12(21-18-13)6-9-7-16-3-4-22(9,19)20/h1-2,5,9,16H,3-4,6-7H2. The van der Waals surface area contributed by atoms with Crippen LogP contribution in [0, 0.1) is 5.82 Å². The van der Waals surface area contributed by atoms with Crippen molar-refractivity contribution >= 4 is 21.4 Å². The van der Waals surface area contributed by atoms with E-state index < -0.39 is 20.9 Å². The van der Waals surface area contributed by atoms with Gasteiger partial charge >= 0.3 is 0 Å². The number of aromatic nitrogens is 2. The minimum atomic E-state index is -3.17. The van der Waals surface area contributed by atoms with Crippen molar-refractivity contribution in [1.29, 1.82) is 0 Å². The monoisotopic (exact) mass is 345 g/mol. The lowest BCUT2D eigenvalue weighted by atomic mass is 10.2. The second kappa shape index (κ2) is 5.94.